The zero-order chi connectivity index (χ0) is 18.7. The summed E-state index contributed by atoms with van der Waals surface area (Å²) in [5.74, 6) is 0. The highest BCUT2D eigenvalue weighted by Crippen LogP contribution is 2.40. The van der Waals surface area contributed by atoms with Crippen molar-refractivity contribution in [2.45, 2.75) is 6.92 Å². The Morgan fingerprint density at radius 3 is 1.85 bits per heavy atom. The lowest BCUT2D eigenvalue weighted by molar-refractivity contribution is 0.486. The van der Waals surface area contributed by atoms with Crippen LogP contribution in [0, 0.1) is 6.92 Å². The number of quaternary nitrogens is 1. The predicted octanol–water partition coefficient (Wildman–Crippen LogP) is 6.47. The van der Waals surface area contributed by atoms with Crippen LogP contribution in [-0.2, 0) is 0 Å². The van der Waals surface area contributed by atoms with E-state index in [0.717, 1.165) is 32.3 Å². The molecule has 0 aromatic heterocycles. The van der Waals surface area contributed by atoms with Crippen molar-refractivity contribution in [1.82, 2.24) is 4.48 Å². The molecule has 26 heavy (non-hydrogen) atoms. The van der Waals surface area contributed by atoms with Gasteiger partial charge in [0.15, 0.2) is 0 Å². The van der Waals surface area contributed by atoms with Gasteiger partial charge >= 0.3 is 0 Å². The summed E-state index contributed by atoms with van der Waals surface area (Å²) in [6.07, 6.45) is 0. The fourth-order valence-corrected chi connectivity index (χ4v) is 3.08. The molecular formula is C22H23N4+. The molecule has 0 radical (unpaired) electrons. The van der Waals surface area contributed by atoms with Crippen LogP contribution in [0.1, 0.15) is 5.56 Å². The van der Waals surface area contributed by atoms with Crippen molar-refractivity contribution >= 4 is 11.4 Å². The van der Waals surface area contributed by atoms with Crippen molar-refractivity contribution in [3.05, 3.63) is 82.7 Å². The molecule has 3 rings (SSSR count). The van der Waals surface area contributed by atoms with E-state index in [1.54, 1.807) is 0 Å². The highest BCUT2D eigenvalue weighted by molar-refractivity contribution is 5.89. The Bertz CT molecular complexity index is 962. The standard InChI is InChI=1S/C22H23N4/c1-16-14-20(17-8-6-5-7-9-17)22(24-25-23)21(15-16)18-10-12-19(13-11-18)26(2,3)4/h5-15H,1-4H3/q+1. The van der Waals surface area contributed by atoms with Gasteiger partial charge in [-0.05, 0) is 64.5 Å². The first-order valence-corrected chi connectivity index (χ1v) is 8.58. The van der Waals surface area contributed by atoms with E-state index in [9.17, 15) is 0 Å². The molecule has 3 aromatic rings. The van der Waals surface area contributed by atoms with Gasteiger partial charge in [0.05, 0.1) is 26.8 Å². The Morgan fingerprint density at radius 2 is 1.35 bits per heavy atom. The van der Waals surface area contributed by atoms with Crippen molar-refractivity contribution < 1.29 is 0 Å². The van der Waals surface area contributed by atoms with E-state index in [1.165, 1.54) is 5.69 Å². The van der Waals surface area contributed by atoms with E-state index in [1.807, 2.05) is 30.3 Å². The van der Waals surface area contributed by atoms with Crippen LogP contribution in [-0.4, -0.2) is 21.1 Å². The summed E-state index contributed by atoms with van der Waals surface area (Å²) >= 11 is 0. The second kappa shape index (κ2) is 7.04. The Hall–Kier alpha value is -3.07. The first-order valence-electron chi connectivity index (χ1n) is 8.58. The van der Waals surface area contributed by atoms with Gasteiger partial charge in [-0.25, -0.2) is 0 Å². The third-order valence-electron chi connectivity index (χ3n) is 4.44. The van der Waals surface area contributed by atoms with E-state index in [2.05, 4.69) is 74.5 Å². The zero-order valence-electron chi connectivity index (χ0n) is 15.6. The molecule has 0 bridgehead atoms. The summed E-state index contributed by atoms with van der Waals surface area (Å²) in [4.78, 5) is 3.09. The quantitative estimate of drug-likeness (QED) is 0.226. The molecule has 0 unspecified atom stereocenters. The van der Waals surface area contributed by atoms with Gasteiger partial charge in [-0.2, -0.15) is 0 Å². The average molecular weight is 343 g/mol. The van der Waals surface area contributed by atoms with Crippen LogP contribution in [0.5, 0.6) is 0 Å². The van der Waals surface area contributed by atoms with Crippen LogP contribution in [0.4, 0.5) is 11.4 Å². The molecule has 0 aliphatic carbocycles. The van der Waals surface area contributed by atoms with Gasteiger partial charge < -0.3 is 0 Å². The summed E-state index contributed by atoms with van der Waals surface area (Å²) < 4.78 is 0.757. The monoisotopic (exact) mass is 343 g/mol. The fourth-order valence-electron chi connectivity index (χ4n) is 3.08. The summed E-state index contributed by atoms with van der Waals surface area (Å²) in [5.41, 5.74) is 16.2. The highest BCUT2D eigenvalue weighted by atomic mass is 15.3. The maximum absolute atomic E-state index is 9.14. The van der Waals surface area contributed by atoms with Crippen LogP contribution in [0.2, 0.25) is 0 Å². The number of rotatable bonds is 4. The number of hydrogen-bond donors (Lipinski definition) is 0. The summed E-state index contributed by atoms with van der Waals surface area (Å²) in [6, 6.07) is 22.6. The lowest BCUT2D eigenvalue weighted by atomic mass is 9.94. The maximum atomic E-state index is 9.14. The van der Waals surface area contributed by atoms with Crippen LogP contribution in [0.25, 0.3) is 32.7 Å². The number of aryl methyl sites for hydroxylation is 1. The molecule has 0 fully saturated rings. The molecule has 0 N–H and O–H groups in total. The first kappa shape index (κ1) is 17.7. The van der Waals surface area contributed by atoms with Crippen LogP contribution < -0.4 is 4.48 Å². The minimum atomic E-state index is 0.669. The minimum absolute atomic E-state index is 0.669. The van der Waals surface area contributed by atoms with Gasteiger partial charge in [-0.15, -0.1) is 0 Å². The van der Waals surface area contributed by atoms with Gasteiger partial charge in [0.1, 0.15) is 5.69 Å². The van der Waals surface area contributed by atoms with Crippen molar-refractivity contribution in [2.24, 2.45) is 5.11 Å². The van der Waals surface area contributed by atoms with Gasteiger partial charge in [0, 0.05) is 4.91 Å². The Kier molecular flexibility index (Phi) is 4.81. The van der Waals surface area contributed by atoms with Gasteiger partial charge in [0.2, 0.25) is 0 Å². The summed E-state index contributed by atoms with van der Waals surface area (Å²) in [7, 11) is 6.42. The first-order chi connectivity index (χ1) is 12.4. The number of azide groups is 1. The fraction of sp³-hybridized carbons (Fsp3) is 0.182. The van der Waals surface area contributed by atoms with Crippen molar-refractivity contribution in [3.8, 4) is 22.3 Å². The lowest BCUT2D eigenvalue weighted by Gasteiger charge is -2.23. The minimum Gasteiger partial charge on any atom is -0.298 e. The molecule has 130 valence electrons. The molecular weight excluding hydrogens is 320 g/mol. The molecule has 4 nitrogen and oxygen atoms in total. The molecule has 4 heteroatoms. The predicted molar refractivity (Wildman–Crippen MR) is 110 cm³/mol. The SMILES string of the molecule is Cc1cc(-c2ccccc2)c(N=[N+]=[N-])c(-c2ccc([N+](C)(C)C)cc2)c1. The van der Waals surface area contributed by atoms with Crippen molar-refractivity contribution in [2.75, 3.05) is 21.1 Å². The Labute approximate surface area is 154 Å². The Balaban J connectivity index is 2.21. The number of benzene rings is 3. The topological polar surface area (TPSA) is 48.8 Å². The van der Waals surface area contributed by atoms with Crippen molar-refractivity contribution in [1.29, 1.82) is 0 Å². The largest absolute Gasteiger partial charge is 0.298 e. The van der Waals surface area contributed by atoms with Crippen LogP contribution in [0.3, 0.4) is 0 Å². The summed E-state index contributed by atoms with van der Waals surface area (Å²) in [6.45, 7) is 2.07. The summed E-state index contributed by atoms with van der Waals surface area (Å²) in [5, 5.41) is 4.05. The van der Waals surface area contributed by atoms with Crippen molar-refractivity contribution in [3.63, 3.8) is 0 Å². The smallest absolute Gasteiger partial charge is 0.132 e. The van der Waals surface area contributed by atoms with E-state index >= 15 is 0 Å². The van der Waals surface area contributed by atoms with E-state index in [4.69, 9.17) is 5.53 Å². The number of nitrogens with zero attached hydrogens (tertiary/aromatic N) is 4. The second-order valence-corrected chi connectivity index (χ2v) is 7.32. The molecule has 0 spiro atoms. The highest BCUT2D eigenvalue weighted by Gasteiger charge is 2.15. The lowest BCUT2D eigenvalue weighted by Crippen LogP contribution is -2.34. The van der Waals surface area contributed by atoms with Gasteiger partial charge in [-0.3, -0.25) is 4.48 Å². The molecule has 0 heterocycles. The average Bonchev–Trinajstić information content (AvgIpc) is 2.63. The molecule has 0 aliphatic rings. The van der Waals surface area contributed by atoms with Gasteiger partial charge in [-0.1, -0.05) is 47.6 Å². The van der Waals surface area contributed by atoms with Crippen LogP contribution >= 0.6 is 0 Å². The molecule has 0 atom stereocenters. The maximum Gasteiger partial charge on any atom is 0.132 e. The van der Waals surface area contributed by atoms with Gasteiger partial charge in [0.25, 0.3) is 0 Å². The molecule has 0 saturated heterocycles. The number of hydrogen-bond acceptors (Lipinski definition) is 1. The van der Waals surface area contributed by atoms with E-state index in [-0.39, 0.29) is 0 Å². The van der Waals surface area contributed by atoms with E-state index in [0.29, 0.717) is 5.69 Å². The molecule has 3 aromatic carbocycles. The molecule has 0 aliphatic heterocycles. The zero-order valence-corrected chi connectivity index (χ0v) is 15.6. The molecule has 0 saturated carbocycles. The van der Waals surface area contributed by atoms with Crippen LogP contribution in [0.15, 0.2) is 71.8 Å². The molecule has 0 amide bonds. The normalized spacial score (nSPS) is 11.1. The third-order valence-corrected chi connectivity index (χ3v) is 4.44. The third kappa shape index (κ3) is 3.62. The van der Waals surface area contributed by atoms with E-state index < -0.39 is 0 Å². The Morgan fingerprint density at radius 1 is 0.808 bits per heavy atom. The second-order valence-electron chi connectivity index (χ2n) is 7.32.